The van der Waals surface area contributed by atoms with Gasteiger partial charge in [-0.05, 0) is 50.2 Å². The zero-order valence-electron chi connectivity index (χ0n) is 21.0. The molecule has 0 radical (unpaired) electrons. The Bertz CT molecular complexity index is 1550. The number of rotatable bonds is 4. The molecule has 2 aromatic carbocycles. The van der Waals surface area contributed by atoms with Crippen LogP contribution in [0.4, 0.5) is 11.6 Å². The fraction of sp³-hybridized carbons (Fsp3) is 0.276. The fourth-order valence-electron chi connectivity index (χ4n) is 5.71. The summed E-state index contributed by atoms with van der Waals surface area (Å²) in [7, 11) is 0. The molecule has 0 saturated carbocycles. The Kier molecular flexibility index (Phi) is 5.13. The van der Waals surface area contributed by atoms with Crippen molar-refractivity contribution in [3.63, 3.8) is 0 Å². The van der Waals surface area contributed by atoms with E-state index < -0.39 is 0 Å². The molecule has 7 rings (SSSR count). The average Bonchev–Trinajstić information content (AvgIpc) is 3.51. The quantitative estimate of drug-likeness (QED) is 0.349. The smallest absolute Gasteiger partial charge is 0.207 e. The number of nitrogens with zero attached hydrogens (tertiary/aromatic N) is 6. The number of ether oxygens (including phenoxy) is 1. The van der Waals surface area contributed by atoms with E-state index in [2.05, 4.69) is 68.1 Å². The number of hydrogen-bond donors (Lipinski definition) is 0. The molecule has 2 aliphatic heterocycles. The van der Waals surface area contributed by atoms with Gasteiger partial charge in [-0.1, -0.05) is 29.4 Å². The molecular weight excluding hydrogens is 464 g/mol. The summed E-state index contributed by atoms with van der Waals surface area (Å²) in [5.41, 5.74) is 6.99. The Hall–Kier alpha value is -4.33. The third-order valence-electron chi connectivity index (χ3n) is 7.50. The number of imidazole rings is 1. The van der Waals surface area contributed by atoms with E-state index in [0.29, 0.717) is 6.61 Å². The molecule has 2 aliphatic rings. The summed E-state index contributed by atoms with van der Waals surface area (Å²) in [6.07, 6.45) is 1.84. The first-order chi connectivity index (χ1) is 18.2. The van der Waals surface area contributed by atoms with E-state index in [1.807, 2.05) is 32.2 Å². The maximum atomic E-state index is 6.51. The highest BCUT2D eigenvalue weighted by atomic mass is 16.5. The zero-order valence-corrected chi connectivity index (χ0v) is 21.0. The fourth-order valence-corrected chi connectivity index (χ4v) is 5.71. The van der Waals surface area contributed by atoms with Crippen molar-refractivity contribution >= 4 is 22.7 Å². The highest BCUT2D eigenvalue weighted by Gasteiger charge is 2.34. The van der Waals surface area contributed by atoms with Crippen LogP contribution in [0.1, 0.15) is 23.2 Å². The van der Waals surface area contributed by atoms with E-state index in [0.717, 1.165) is 77.2 Å². The molecule has 0 bridgehead atoms. The van der Waals surface area contributed by atoms with Gasteiger partial charge in [-0.25, -0.2) is 4.98 Å². The van der Waals surface area contributed by atoms with Crippen LogP contribution in [0.3, 0.4) is 0 Å². The predicted octanol–water partition coefficient (Wildman–Crippen LogP) is 5.01. The summed E-state index contributed by atoms with van der Waals surface area (Å²) in [5.74, 6) is 2.59. The molecule has 37 heavy (non-hydrogen) atoms. The zero-order chi connectivity index (χ0) is 24.9. The minimum absolute atomic E-state index is 0.0687. The van der Waals surface area contributed by atoms with E-state index in [9.17, 15) is 0 Å². The van der Waals surface area contributed by atoms with Crippen molar-refractivity contribution in [3.05, 3.63) is 84.0 Å². The van der Waals surface area contributed by atoms with Gasteiger partial charge in [0, 0.05) is 43.6 Å². The van der Waals surface area contributed by atoms with Gasteiger partial charge in [0.05, 0.1) is 22.5 Å². The Balaban J connectivity index is 1.35. The van der Waals surface area contributed by atoms with Crippen LogP contribution in [-0.4, -0.2) is 52.5 Å². The number of benzene rings is 2. The molecule has 0 amide bonds. The van der Waals surface area contributed by atoms with Crippen molar-refractivity contribution in [1.82, 2.24) is 19.7 Å². The van der Waals surface area contributed by atoms with E-state index >= 15 is 0 Å². The highest BCUT2D eigenvalue weighted by Crippen LogP contribution is 2.45. The molecule has 5 aromatic rings. The molecular formula is C29H28N6O2. The van der Waals surface area contributed by atoms with Crippen molar-refractivity contribution in [1.29, 1.82) is 0 Å². The molecule has 8 heteroatoms. The molecule has 0 aliphatic carbocycles. The minimum atomic E-state index is -0.0687. The van der Waals surface area contributed by atoms with E-state index in [1.54, 1.807) is 0 Å². The molecule has 0 N–H and O–H groups in total. The number of anilines is 2. The van der Waals surface area contributed by atoms with Gasteiger partial charge >= 0.3 is 0 Å². The molecule has 1 fully saturated rings. The van der Waals surface area contributed by atoms with Crippen LogP contribution >= 0.6 is 0 Å². The Labute approximate surface area is 215 Å². The molecule has 1 saturated heterocycles. The summed E-state index contributed by atoms with van der Waals surface area (Å²) in [6, 6.07) is 20.8. The van der Waals surface area contributed by atoms with Crippen LogP contribution in [0, 0.1) is 13.8 Å². The normalized spacial score (nSPS) is 17.3. The number of hydrogen-bond acceptors (Lipinski definition) is 7. The number of aromatic nitrogens is 4. The lowest BCUT2D eigenvalue weighted by Gasteiger charge is -2.38. The molecule has 8 nitrogen and oxygen atoms in total. The van der Waals surface area contributed by atoms with E-state index in [-0.39, 0.29) is 6.04 Å². The lowest BCUT2D eigenvalue weighted by atomic mass is 10.0. The van der Waals surface area contributed by atoms with Gasteiger partial charge in [-0.2, -0.15) is 0 Å². The predicted molar refractivity (Wildman–Crippen MR) is 143 cm³/mol. The maximum absolute atomic E-state index is 6.51. The Morgan fingerprint density at radius 2 is 1.65 bits per heavy atom. The van der Waals surface area contributed by atoms with Crippen molar-refractivity contribution in [2.75, 3.05) is 42.6 Å². The Morgan fingerprint density at radius 1 is 0.865 bits per heavy atom. The lowest BCUT2D eigenvalue weighted by molar-refractivity contribution is 0.257. The van der Waals surface area contributed by atoms with Crippen LogP contribution < -0.4 is 14.5 Å². The van der Waals surface area contributed by atoms with Gasteiger partial charge < -0.3 is 19.1 Å². The van der Waals surface area contributed by atoms with Crippen molar-refractivity contribution in [2.24, 2.45) is 0 Å². The third-order valence-corrected chi connectivity index (χ3v) is 7.50. The largest absolute Gasteiger partial charge is 0.488 e. The molecule has 5 heterocycles. The van der Waals surface area contributed by atoms with Gasteiger partial charge in [0.15, 0.2) is 5.75 Å². The van der Waals surface area contributed by atoms with Gasteiger partial charge in [-0.3, -0.25) is 9.55 Å². The van der Waals surface area contributed by atoms with E-state index in [4.69, 9.17) is 19.2 Å². The first-order valence-corrected chi connectivity index (χ1v) is 12.8. The van der Waals surface area contributed by atoms with Crippen LogP contribution in [0.5, 0.6) is 5.75 Å². The standard InChI is InChI=1S/C29H28N6O2/c1-19-26(20(2)37-32-19)22-11-12-24-27-28(22)36-18-25(23-10-6-7-13-30-23)35(27)29(31-24)34-16-14-33(15-17-34)21-8-4-3-5-9-21/h3-13,25H,14-18H2,1-2H3. The van der Waals surface area contributed by atoms with Crippen molar-refractivity contribution in [2.45, 2.75) is 19.9 Å². The van der Waals surface area contributed by atoms with Crippen LogP contribution in [0.15, 0.2) is 71.4 Å². The van der Waals surface area contributed by atoms with Gasteiger partial charge in [0.1, 0.15) is 23.9 Å². The SMILES string of the molecule is Cc1noc(C)c1-c1ccc2nc(N3CCN(c4ccccc4)CC3)n3c2c1OCC3c1ccccn1. The third kappa shape index (κ3) is 3.55. The van der Waals surface area contributed by atoms with E-state index in [1.165, 1.54) is 5.69 Å². The number of para-hydroxylation sites is 1. The first kappa shape index (κ1) is 21.9. The number of pyridine rings is 1. The van der Waals surface area contributed by atoms with Crippen LogP contribution in [0.25, 0.3) is 22.2 Å². The molecule has 0 spiro atoms. The summed E-state index contributed by atoms with van der Waals surface area (Å²) in [4.78, 5) is 14.7. The minimum Gasteiger partial charge on any atom is -0.488 e. The molecule has 1 unspecified atom stereocenters. The topological polar surface area (TPSA) is 72.5 Å². The van der Waals surface area contributed by atoms with Crippen LogP contribution in [0.2, 0.25) is 0 Å². The summed E-state index contributed by atoms with van der Waals surface area (Å²) >= 11 is 0. The van der Waals surface area contributed by atoms with Crippen molar-refractivity contribution < 1.29 is 9.26 Å². The van der Waals surface area contributed by atoms with Gasteiger partial charge in [0.25, 0.3) is 0 Å². The first-order valence-electron chi connectivity index (χ1n) is 12.8. The number of aryl methyl sites for hydroxylation is 2. The monoisotopic (exact) mass is 492 g/mol. The molecule has 186 valence electrons. The van der Waals surface area contributed by atoms with Gasteiger partial charge in [0.2, 0.25) is 5.95 Å². The highest BCUT2D eigenvalue weighted by molar-refractivity contribution is 5.94. The second-order valence-electron chi connectivity index (χ2n) is 9.68. The second kappa shape index (κ2) is 8.65. The Morgan fingerprint density at radius 3 is 2.38 bits per heavy atom. The second-order valence-corrected chi connectivity index (χ2v) is 9.68. The maximum Gasteiger partial charge on any atom is 0.207 e. The number of piperazine rings is 1. The lowest BCUT2D eigenvalue weighted by Crippen LogP contribution is -2.47. The molecule has 1 atom stereocenters. The average molecular weight is 493 g/mol. The van der Waals surface area contributed by atoms with Gasteiger partial charge in [-0.15, -0.1) is 0 Å². The summed E-state index contributed by atoms with van der Waals surface area (Å²) < 4.78 is 14.3. The van der Waals surface area contributed by atoms with Crippen molar-refractivity contribution in [3.8, 4) is 16.9 Å². The summed E-state index contributed by atoms with van der Waals surface area (Å²) in [5, 5.41) is 4.19. The van der Waals surface area contributed by atoms with Crippen LogP contribution in [-0.2, 0) is 0 Å². The summed E-state index contributed by atoms with van der Waals surface area (Å²) in [6.45, 7) is 8.05. The molecule has 3 aromatic heterocycles.